The molecule has 0 radical (unpaired) electrons. The molecule has 0 unspecified atom stereocenters. The van der Waals surface area contributed by atoms with Gasteiger partial charge in [0.2, 0.25) is 0 Å². The van der Waals surface area contributed by atoms with Crippen LogP contribution < -0.4 is 0 Å². The lowest BCUT2D eigenvalue weighted by molar-refractivity contribution is 0.303. The molecule has 0 aromatic carbocycles. The Balaban J connectivity index is 1.46. The van der Waals surface area contributed by atoms with E-state index in [0.717, 1.165) is 11.8 Å². The van der Waals surface area contributed by atoms with E-state index in [2.05, 4.69) is 25.1 Å². The van der Waals surface area contributed by atoms with E-state index in [9.17, 15) is 0 Å². The van der Waals surface area contributed by atoms with Gasteiger partial charge in [0.15, 0.2) is 0 Å². The summed E-state index contributed by atoms with van der Waals surface area (Å²) in [5.41, 5.74) is 4.79. The zero-order valence-corrected chi connectivity index (χ0v) is 11.0. The first kappa shape index (κ1) is 11.3. The van der Waals surface area contributed by atoms with Gasteiger partial charge in [0, 0.05) is 0 Å². The van der Waals surface area contributed by atoms with Gasteiger partial charge in [0.05, 0.1) is 0 Å². The summed E-state index contributed by atoms with van der Waals surface area (Å²) >= 11 is 0. The quantitative estimate of drug-likeness (QED) is 0.591. The lowest BCUT2D eigenvalue weighted by Crippen LogP contribution is -2.13. The molecule has 0 saturated heterocycles. The Morgan fingerprint density at radius 3 is 2.47 bits per heavy atom. The summed E-state index contributed by atoms with van der Waals surface area (Å²) in [7, 11) is 0. The average Bonchev–Trinajstić information content (AvgIpc) is 3.02. The lowest BCUT2D eigenvalue weighted by Gasteiger charge is -2.28. The van der Waals surface area contributed by atoms with Crippen LogP contribution >= 0.6 is 0 Å². The topological polar surface area (TPSA) is 0 Å². The molecule has 3 aliphatic carbocycles. The monoisotopic (exact) mass is 228 g/mol. The van der Waals surface area contributed by atoms with Crippen LogP contribution in [0, 0.1) is 5.92 Å². The zero-order chi connectivity index (χ0) is 11.7. The van der Waals surface area contributed by atoms with Gasteiger partial charge in [0.1, 0.15) is 0 Å². The highest BCUT2D eigenvalue weighted by Gasteiger charge is 2.27. The molecule has 0 bridgehead atoms. The first-order valence-corrected chi connectivity index (χ1v) is 7.53. The van der Waals surface area contributed by atoms with Crippen LogP contribution in [0.4, 0.5) is 0 Å². The second-order valence-electron chi connectivity index (χ2n) is 6.02. The zero-order valence-electron chi connectivity index (χ0n) is 11.0. The average molecular weight is 228 g/mol. The van der Waals surface area contributed by atoms with Gasteiger partial charge in [-0.2, -0.15) is 0 Å². The predicted molar refractivity (Wildman–Crippen MR) is 74.3 cm³/mol. The van der Waals surface area contributed by atoms with Crippen molar-refractivity contribution in [2.24, 2.45) is 5.92 Å². The van der Waals surface area contributed by atoms with Gasteiger partial charge >= 0.3 is 0 Å². The van der Waals surface area contributed by atoms with Crippen molar-refractivity contribution in [1.82, 2.24) is 0 Å². The molecule has 92 valence electrons. The molecule has 0 heteroatoms. The number of rotatable bonds is 5. The fourth-order valence-corrected chi connectivity index (χ4v) is 3.58. The SMILES string of the molecule is CCCCCC1CCC(c2ccc3cc2-3)CC1. The fraction of sp³-hybridized carbons (Fsp3) is 0.647. The van der Waals surface area contributed by atoms with Crippen molar-refractivity contribution in [3.05, 3.63) is 23.8 Å². The predicted octanol–water partition coefficient (Wildman–Crippen LogP) is 5.52. The van der Waals surface area contributed by atoms with Crippen LogP contribution in [0.25, 0.3) is 11.1 Å². The first-order chi connectivity index (χ1) is 8.38. The number of hydrogen-bond donors (Lipinski definition) is 0. The molecule has 3 aliphatic rings. The molecular formula is C17H24. The third-order valence-corrected chi connectivity index (χ3v) is 4.78. The Bertz CT molecular complexity index is 383. The molecule has 0 aromatic heterocycles. The molecule has 0 nitrogen and oxygen atoms in total. The van der Waals surface area contributed by atoms with E-state index in [1.807, 2.05) is 0 Å². The van der Waals surface area contributed by atoms with Crippen molar-refractivity contribution in [3.8, 4) is 11.1 Å². The maximum Gasteiger partial charge on any atom is -0.0143 e. The highest BCUT2D eigenvalue weighted by Crippen LogP contribution is 2.47. The van der Waals surface area contributed by atoms with Gasteiger partial charge < -0.3 is 0 Å². The van der Waals surface area contributed by atoms with E-state index >= 15 is 0 Å². The van der Waals surface area contributed by atoms with Gasteiger partial charge in [-0.1, -0.05) is 44.7 Å². The summed E-state index contributed by atoms with van der Waals surface area (Å²) in [6.45, 7) is 2.30. The van der Waals surface area contributed by atoms with Crippen LogP contribution in [0.2, 0.25) is 0 Å². The summed E-state index contributed by atoms with van der Waals surface area (Å²) < 4.78 is 0. The number of unbranched alkanes of at least 4 members (excludes halogenated alkanes) is 2. The molecule has 0 heterocycles. The summed E-state index contributed by atoms with van der Waals surface area (Å²) in [5.74, 6) is 1.93. The summed E-state index contributed by atoms with van der Waals surface area (Å²) in [6.07, 6.45) is 11.6. The fourth-order valence-electron chi connectivity index (χ4n) is 3.58. The summed E-state index contributed by atoms with van der Waals surface area (Å²) in [6, 6.07) is 7.04. The molecule has 1 saturated carbocycles. The Kier molecular flexibility index (Phi) is 3.22. The van der Waals surface area contributed by atoms with Crippen LogP contribution in [0.15, 0.2) is 18.2 Å². The third kappa shape index (κ3) is 2.41. The molecule has 17 heavy (non-hydrogen) atoms. The van der Waals surface area contributed by atoms with E-state index < -0.39 is 0 Å². The minimum atomic E-state index is 0.889. The Hall–Kier alpha value is -0.780. The molecule has 0 atom stereocenters. The van der Waals surface area contributed by atoms with E-state index in [-0.39, 0.29) is 0 Å². The molecule has 1 fully saturated rings. The van der Waals surface area contributed by atoms with Gasteiger partial charge in [-0.25, -0.2) is 0 Å². The Labute approximate surface area is 105 Å². The molecule has 0 spiro atoms. The van der Waals surface area contributed by atoms with E-state index in [4.69, 9.17) is 0 Å². The summed E-state index contributed by atoms with van der Waals surface area (Å²) in [5, 5.41) is 0. The maximum atomic E-state index is 2.38. The smallest absolute Gasteiger partial charge is 0.0143 e. The standard InChI is InChI=1S/C17H24/c1-2-3-4-5-13-6-8-14(9-7-13)16-11-10-15-12-17(15)16/h10-14H,2-9H2,1H3. The number of hydrogen-bond acceptors (Lipinski definition) is 0. The van der Waals surface area contributed by atoms with E-state index in [1.165, 1.54) is 56.9 Å². The third-order valence-electron chi connectivity index (χ3n) is 4.78. The van der Waals surface area contributed by atoms with Gasteiger partial charge in [-0.15, -0.1) is 0 Å². The van der Waals surface area contributed by atoms with Crippen molar-refractivity contribution in [2.45, 2.75) is 64.2 Å². The lowest BCUT2D eigenvalue weighted by atomic mass is 9.77. The minimum absolute atomic E-state index is 0.889. The van der Waals surface area contributed by atoms with Crippen molar-refractivity contribution in [2.75, 3.05) is 0 Å². The minimum Gasteiger partial charge on any atom is -0.0654 e. The maximum absolute atomic E-state index is 2.38. The van der Waals surface area contributed by atoms with Crippen molar-refractivity contribution >= 4 is 0 Å². The Morgan fingerprint density at radius 1 is 1.06 bits per heavy atom. The molecule has 0 N–H and O–H groups in total. The van der Waals surface area contributed by atoms with Crippen LogP contribution in [-0.4, -0.2) is 0 Å². The van der Waals surface area contributed by atoms with Gasteiger partial charge in [0.25, 0.3) is 0 Å². The van der Waals surface area contributed by atoms with Gasteiger partial charge in [-0.3, -0.25) is 0 Å². The highest BCUT2D eigenvalue weighted by molar-refractivity contribution is 5.85. The summed E-state index contributed by atoms with van der Waals surface area (Å²) in [4.78, 5) is 0. The molecular weight excluding hydrogens is 204 g/mol. The number of fused-ring (bicyclic) bond motifs is 1. The second-order valence-corrected chi connectivity index (χ2v) is 6.02. The molecule has 0 aromatic rings. The van der Waals surface area contributed by atoms with Crippen LogP contribution in [0.3, 0.4) is 0 Å². The van der Waals surface area contributed by atoms with Crippen molar-refractivity contribution in [3.63, 3.8) is 0 Å². The van der Waals surface area contributed by atoms with E-state index in [0.29, 0.717) is 0 Å². The normalized spacial score (nSPS) is 25.9. The van der Waals surface area contributed by atoms with Crippen molar-refractivity contribution < 1.29 is 0 Å². The largest absolute Gasteiger partial charge is 0.0654 e. The highest BCUT2D eigenvalue weighted by atomic mass is 14.3. The molecule has 3 rings (SSSR count). The van der Waals surface area contributed by atoms with Crippen molar-refractivity contribution in [1.29, 1.82) is 0 Å². The van der Waals surface area contributed by atoms with Gasteiger partial charge in [-0.05, 0) is 60.3 Å². The van der Waals surface area contributed by atoms with Crippen LogP contribution in [-0.2, 0) is 0 Å². The van der Waals surface area contributed by atoms with E-state index in [1.54, 1.807) is 11.1 Å². The second kappa shape index (κ2) is 4.84. The molecule has 0 aliphatic heterocycles. The first-order valence-electron chi connectivity index (χ1n) is 7.53. The Morgan fingerprint density at radius 2 is 1.88 bits per heavy atom. The number of benzene rings is 1. The molecule has 0 amide bonds. The van der Waals surface area contributed by atoms with Crippen LogP contribution in [0.5, 0.6) is 0 Å². The van der Waals surface area contributed by atoms with Crippen LogP contribution in [0.1, 0.15) is 69.8 Å².